The van der Waals surface area contributed by atoms with Crippen molar-refractivity contribution in [1.82, 2.24) is 14.9 Å². The molecule has 0 radical (unpaired) electrons. The van der Waals surface area contributed by atoms with Gasteiger partial charge < -0.3 is 18.9 Å². The van der Waals surface area contributed by atoms with E-state index in [-0.39, 0.29) is 0 Å². The van der Waals surface area contributed by atoms with Crippen LogP contribution >= 0.6 is 11.8 Å². The lowest BCUT2D eigenvalue weighted by atomic mass is 10.1. The summed E-state index contributed by atoms with van der Waals surface area (Å²) in [6, 6.07) is 11.6. The van der Waals surface area contributed by atoms with E-state index in [0.29, 0.717) is 29.7 Å². The molecule has 0 fully saturated rings. The van der Waals surface area contributed by atoms with Crippen molar-refractivity contribution in [2.24, 2.45) is 0 Å². The first-order valence-corrected chi connectivity index (χ1v) is 10.2. The Morgan fingerprint density at radius 1 is 0.933 bits per heavy atom. The maximum Gasteiger partial charge on any atom is 0.214 e. The standard InChI is InChI=1S/C21H22N4O4S/c1-5-29-15-8-6-13(7-9-15)16-12-30-21-23-22-20(25(21)24-16)14-10-17(26-2)19(28-4)18(11-14)27-3/h6-12,24H,5H2,1-4H3. The second-order valence-corrected chi connectivity index (χ2v) is 7.11. The molecule has 8 nitrogen and oxygen atoms in total. The van der Waals surface area contributed by atoms with Crippen molar-refractivity contribution in [3.8, 4) is 34.4 Å². The van der Waals surface area contributed by atoms with E-state index in [4.69, 9.17) is 18.9 Å². The number of rotatable bonds is 7. The second-order valence-electron chi connectivity index (χ2n) is 6.27. The van der Waals surface area contributed by atoms with E-state index in [1.54, 1.807) is 21.3 Å². The molecule has 0 saturated carbocycles. The topological polar surface area (TPSA) is 79.7 Å². The fraction of sp³-hybridized carbons (Fsp3) is 0.238. The molecule has 0 saturated heterocycles. The molecule has 1 aliphatic heterocycles. The van der Waals surface area contributed by atoms with Crippen molar-refractivity contribution in [2.45, 2.75) is 12.1 Å². The predicted molar refractivity (Wildman–Crippen MR) is 116 cm³/mol. The summed E-state index contributed by atoms with van der Waals surface area (Å²) < 4.78 is 23.7. The van der Waals surface area contributed by atoms with Gasteiger partial charge in [-0.15, -0.1) is 10.2 Å². The minimum absolute atomic E-state index is 0.527. The van der Waals surface area contributed by atoms with E-state index >= 15 is 0 Å². The predicted octanol–water partition coefficient (Wildman–Crippen LogP) is 4.02. The van der Waals surface area contributed by atoms with Gasteiger partial charge in [0.1, 0.15) is 5.75 Å². The normalized spacial score (nSPS) is 12.5. The van der Waals surface area contributed by atoms with Crippen molar-refractivity contribution >= 4 is 17.5 Å². The van der Waals surface area contributed by atoms with Crippen LogP contribution in [0.3, 0.4) is 0 Å². The molecule has 30 heavy (non-hydrogen) atoms. The van der Waals surface area contributed by atoms with Gasteiger partial charge in [-0.25, -0.2) is 4.68 Å². The monoisotopic (exact) mass is 426 g/mol. The van der Waals surface area contributed by atoms with Gasteiger partial charge in [0, 0.05) is 16.5 Å². The Balaban J connectivity index is 1.68. The van der Waals surface area contributed by atoms with Crippen LogP contribution in [0.4, 0.5) is 0 Å². The van der Waals surface area contributed by atoms with Crippen LogP contribution in [0.5, 0.6) is 23.0 Å². The number of aromatic nitrogens is 3. The third-order valence-corrected chi connectivity index (χ3v) is 5.38. The van der Waals surface area contributed by atoms with Crippen molar-refractivity contribution in [1.29, 1.82) is 0 Å². The Kier molecular flexibility index (Phi) is 5.71. The number of nitrogens with one attached hydrogen (secondary N) is 1. The second kappa shape index (κ2) is 8.58. The quantitative estimate of drug-likeness (QED) is 0.607. The molecular formula is C21H22N4O4S. The highest BCUT2D eigenvalue weighted by molar-refractivity contribution is 8.02. The summed E-state index contributed by atoms with van der Waals surface area (Å²) in [6.45, 7) is 2.60. The van der Waals surface area contributed by atoms with Crippen LogP contribution in [0.25, 0.3) is 17.1 Å². The zero-order valence-electron chi connectivity index (χ0n) is 17.1. The Morgan fingerprint density at radius 3 is 2.23 bits per heavy atom. The summed E-state index contributed by atoms with van der Waals surface area (Å²) in [6.07, 6.45) is 0. The number of nitrogens with zero attached hydrogens (tertiary/aromatic N) is 3. The summed E-state index contributed by atoms with van der Waals surface area (Å²) >= 11 is 1.50. The number of methoxy groups -OCH3 is 3. The fourth-order valence-corrected chi connectivity index (χ4v) is 3.87. The van der Waals surface area contributed by atoms with E-state index in [0.717, 1.165) is 27.7 Å². The molecule has 156 valence electrons. The lowest BCUT2D eigenvalue weighted by Crippen LogP contribution is -2.18. The first-order valence-electron chi connectivity index (χ1n) is 9.31. The molecule has 0 bridgehead atoms. The zero-order valence-corrected chi connectivity index (χ0v) is 17.9. The maximum absolute atomic E-state index is 5.53. The molecule has 0 spiro atoms. The minimum Gasteiger partial charge on any atom is -0.494 e. The van der Waals surface area contributed by atoms with Crippen LogP contribution in [0.1, 0.15) is 12.5 Å². The molecule has 3 aromatic rings. The average molecular weight is 426 g/mol. The number of ether oxygens (including phenoxy) is 4. The Labute approximate surface area is 178 Å². The van der Waals surface area contributed by atoms with Crippen LogP contribution in [-0.2, 0) is 0 Å². The Bertz CT molecular complexity index is 1050. The first kappa shape index (κ1) is 20.0. The molecule has 1 aliphatic rings. The van der Waals surface area contributed by atoms with Gasteiger partial charge in [0.05, 0.1) is 33.6 Å². The van der Waals surface area contributed by atoms with E-state index in [1.807, 2.05) is 53.4 Å². The number of hydrogen-bond donors (Lipinski definition) is 1. The van der Waals surface area contributed by atoms with Gasteiger partial charge in [0.2, 0.25) is 10.9 Å². The van der Waals surface area contributed by atoms with E-state index in [9.17, 15) is 0 Å². The molecule has 1 N–H and O–H groups in total. The molecule has 0 amide bonds. The van der Waals surface area contributed by atoms with Gasteiger partial charge in [-0.1, -0.05) is 11.8 Å². The highest BCUT2D eigenvalue weighted by Crippen LogP contribution is 2.41. The molecule has 2 heterocycles. The van der Waals surface area contributed by atoms with Crippen molar-refractivity contribution in [2.75, 3.05) is 33.4 Å². The molecule has 2 aromatic carbocycles. The summed E-state index contributed by atoms with van der Waals surface area (Å²) in [5.41, 5.74) is 6.14. The molecule has 1 aromatic heterocycles. The van der Waals surface area contributed by atoms with Crippen LogP contribution in [0, 0.1) is 0 Å². The minimum atomic E-state index is 0.527. The number of fused-ring (bicyclic) bond motifs is 1. The molecule has 0 atom stereocenters. The van der Waals surface area contributed by atoms with E-state index in [1.165, 1.54) is 11.8 Å². The smallest absolute Gasteiger partial charge is 0.214 e. The molecule has 0 aliphatic carbocycles. The lowest BCUT2D eigenvalue weighted by Gasteiger charge is -2.20. The van der Waals surface area contributed by atoms with Crippen molar-refractivity contribution < 1.29 is 18.9 Å². The molecule has 0 unspecified atom stereocenters. The fourth-order valence-electron chi connectivity index (χ4n) is 3.13. The van der Waals surface area contributed by atoms with Gasteiger partial charge in [-0.05, 0) is 43.3 Å². The van der Waals surface area contributed by atoms with E-state index < -0.39 is 0 Å². The van der Waals surface area contributed by atoms with Gasteiger partial charge in [-0.2, -0.15) is 0 Å². The maximum atomic E-state index is 5.53. The Hall–Kier alpha value is -3.33. The van der Waals surface area contributed by atoms with Crippen LogP contribution < -0.4 is 24.4 Å². The Morgan fingerprint density at radius 2 is 1.63 bits per heavy atom. The molecular weight excluding hydrogens is 404 g/mol. The zero-order chi connectivity index (χ0) is 21.1. The van der Waals surface area contributed by atoms with Crippen LogP contribution in [0.2, 0.25) is 0 Å². The van der Waals surface area contributed by atoms with Crippen LogP contribution in [-0.4, -0.2) is 42.8 Å². The molecule has 9 heteroatoms. The first-order chi connectivity index (χ1) is 14.7. The van der Waals surface area contributed by atoms with E-state index in [2.05, 4.69) is 15.6 Å². The summed E-state index contributed by atoms with van der Waals surface area (Å²) in [4.78, 5) is 0. The third-order valence-electron chi connectivity index (χ3n) is 4.55. The average Bonchev–Trinajstić information content (AvgIpc) is 3.22. The van der Waals surface area contributed by atoms with Gasteiger partial charge in [-0.3, -0.25) is 5.43 Å². The highest BCUT2D eigenvalue weighted by atomic mass is 32.2. The summed E-state index contributed by atoms with van der Waals surface area (Å²) in [5.74, 6) is 3.10. The SMILES string of the molecule is CCOc1ccc(C2=CSc3nnc(-c4cc(OC)c(OC)c(OC)c4)n3N2)cc1. The largest absolute Gasteiger partial charge is 0.494 e. The third kappa shape index (κ3) is 3.63. The number of benzene rings is 2. The van der Waals surface area contributed by atoms with Gasteiger partial charge in [0.15, 0.2) is 17.3 Å². The highest BCUT2D eigenvalue weighted by Gasteiger charge is 2.22. The summed E-state index contributed by atoms with van der Waals surface area (Å²) in [5, 5.41) is 11.4. The van der Waals surface area contributed by atoms with Crippen molar-refractivity contribution in [3.63, 3.8) is 0 Å². The molecule has 4 rings (SSSR count). The number of hydrogen-bond acceptors (Lipinski definition) is 8. The van der Waals surface area contributed by atoms with Crippen LogP contribution in [0.15, 0.2) is 47.0 Å². The summed E-state index contributed by atoms with van der Waals surface area (Å²) in [7, 11) is 4.74. The lowest BCUT2D eigenvalue weighted by molar-refractivity contribution is 0.324. The van der Waals surface area contributed by atoms with Gasteiger partial charge in [0.25, 0.3) is 0 Å². The van der Waals surface area contributed by atoms with Crippen molar-refractivity contribution in [3.05, 3.63) is 47.4 Å². The van der Waals surface area contributed by atoms with Gasteiger partial charge >= 0.3 is 0 Å². The number of thioether (sulfide) groups is 1.